The summed E-state index contributed by atoms with van der Waals surface area (Å²) in [4.78, 5) is 13.7. The average Bonchev–Trinajstić information content (AvgIpc) is 2.85. The van der Waals surface area contributed by atoms with Crippen molar-refractivity contribution in [2.45, 2.75) is 51.2 Å². The third kappa shape index (κ3) is 2.73. The number of nitrogens with zero attached hydrogens (tertiary/aromatic N) is 1. The van der Waals surface area contributed by atoms with Gasteiger partial charge in [-0.25, -0.2) is 4.79 Å². The molecule has 1 saturated carbocycles. The van der Waals surface area contributed by atoms with Crippen LogP contribution in [0.5, 0.6) is 0 Å². The van der Waals surface area contributed by atoms with Crippen molar-refractivity contribution in [3.05, 3.63) is 0 Å². The van der Waals surface area contributed by atoms with Gasteiger partial charge in [-0.2, -0.15) is 0 Å². The Kier molecular flexibility index (Phi) is 3.10. The molecule has 17 heavy (non-hydrogen) atoms. The molecule has 1 amide bonds. The van der Waals surface area contributed by atoms with E-state index >= 15 is 0 Å². The molecule has 0 aromatic carbocycles. The fourth-order valence-electron chi connectivity index (χ4n) is 2.58. The molecule has 4 heteroatoms. The van der Waals surface area contributed by atoms with Gasteiger partial charge >= 0.3 is 6.09 Å². The van der Waals surface area contributed by atoms with Crippen LogP contribution in [0.3, 0.4) is 0 Å². The lowest BCUT2D eigenvalue weighted by Crippen LogP contribution is -2.36. The molecule has 0 N–H and O–H groups in total. The molecular formula is C13H23NO3. The maximum absolute atomic E-state index is 11.9. The standard InChI is InChI=1S/C13H23NO3/c1-12(2,3)17-11(15)14-8-5-10(9-14)13(16-4)6-7-13/h10H,5-9H2,1-4H3. The Bertz CT molecular complexity index is 304. The molecule has 0 aromatic heterocycles. The van der Waals surface area contributed by atoms with Crippen molar-refractivity contribution in [1.29, 1.82) is 0 Å². The number of hydrogen-bond acceptors (Lipinski definition) is 3. The lowest BCUT2D eigenvalue weighted by Gasteiger charge is -2.25. The van der Waals surface area contributed by atoms with Crippen LogP contribution in [-0.2, 0) is 9.47 Å². The highest BCUT2D eigenvalue weighted by atomic mass is 16.6. The first-order valence-corrected chi connectivity index (χ1v) is 6.39. The Balaban J connectivity index is 1.88. The van der Waals surface area contributed by atoms with Crippen molar-refractivity contribution in [1.82, 2.24) is 4.90 Å². The topological polar surface area (TPSA) is 38.8 Å². The van der Waals surface area contributed by atoms with Gasteiger partial charge in [0.15, 0.2) is 0 Å². The zero-order valence-electron chi connectivity index (χ0n) is 11.3. The molecule has 2 fully saturated rings. The summed E-state index contributed by atoms with van der Waals surface area (Å²) in [6.07, 6.45) is 3.12. The van der Waals surface area contributed by atoms with Gasteiger partial charge in [-0.15, -0.1) is 0 Å². The molecule has 0 bridgehead atoms. The minimum atomic E-state index is -0.409. The maximum atomic E-state index is 11.9. The molecule has 1 saturated heterocycles. The first-order valence-electron chi connectivity index (χ1n) is 6.39. The quantitative estimate of drug-likeness (QED) is 0.745. The first-order chi connectivity index (χ1) is 7.86. The molecular weight excluding hydrogens is 218 g/mol. The van der Waals surface area contributed by atoms with Crippen LogP contribution in [0.25, 0.3) is 0 Å². The molecule has 1 aliphatic heterocycles. The fraction of sp³-hybridized carbons (Fsp3) is 0.923. The normalized spacial score (nSPS) is 27.1. The molecule has 0 aromatic rings. The van der Waals surface area contributed by atoms with Gasteiger partial charge < -0.3 is 14.4 Å². The van der Waals surface area contributed by atoms with E-state index in [0.717, 1.165) is 32.4 Å². The number of hydrogen-bond donors (Lipinski definition) is 0. The molecule has 2 aliphatic rings. The van der Waals surface area contributed by atoms with Crippen molar-refractivity contribution < 1.29 is 14.3 Å². The van der Waals surface area contributed by atoms with Crippen molar-refractivity contribution in [3.63, 3.8) is 0 Å². The van der Waals surface area contributed by atoms with Gasteiger partial charge in [0.25, 0.3) is 0 Å². The average molecular weight is 241 g/mol. The molecule has 1 atom stereocenters. The third-order valence-electron chi connectivity index (χ3n) is 3.73. The number of amides is 1. The van der Waals surface area contributed by atoms with Gasteiger partial charge in [-0.1, -0.05) is 0 Å². The van der Waals surface area contributed by atoms with Crippen LogP contribution in [0.1, 0.15) is 40.0 Å². The minimum Gasteiger partial charge on any atom is -0.444 e. The Morgan fingerprint density at radius 3 is 2.47 bits per heavy atom. The van der Waals surface area contributed by atoms with E-state index in [1.54, 1.807) is 7.11 Å². The van der Waals surface area contributed by atoms with Gasteiger partial charge in [0.2, 0.25) is 0 Å². The summed E-state index contributed by atoms with van der Waals surface area (Å²) >= 11 is 0. The maximum Gasteiger partial charge on any atom is 0.410 e. The zero-order valence-corrected chi connectivity index (χ0v) is 11.3. The van der Waals surface area contributed by atoms with Crippen LogP contribution in [0, 0.1) is 5.92 Å². The molecule has 0 radical (unpaired) electrons. The van der Waals surface area contributed by atoms with Gasteiger partial charge in [0.1, 0.15) is 5.60 Å². The second-order valence-corrected chi connectivity index (χ2v) is 6.18. The van der Waals surface area contributed by atoms with Crippen LogP contribution >= 0.6 is 0 Å². The van der Waals surface area contributed by atoms with Crippen LogP contribution in [0.4, 0.5) is 4.79 Å². The number of likely N-dealkylation sites (tertiary alicyclic amines) is 1. The van der Waals surface area contributed by atoms with Crippen molar-refractivity contribution in [2.24, 2.45) is 5.92 Å². The fourth-order valence-corrected chi connectivity index (χ4v) is 2.58. The summed E-state index contributed by atoms with van der Waals surface area (Å²) in [6.45, 7) is 7.27. The molecule has 98 valence electrons. The summed E-state index contributed by atoms with van der Waals surface area (Å²) in [6, 6.07) is 0. The SMILES string of the molecule is COC1(C2CCN(C(=O)OC(C)(C)C)C2)CC1. The summed E-state index contributed by atoms with van der Waals surface area (Å²) in [5.41, 5.74) is -0.343. The number of rotatable bonds is 2. The molecule has 1 aliphatic carbocycles. The number of carbonyl (C=O) groups excluding carboxylic acids is 1. The Morgan fingerprint density at radius 1 is 1.35 bits per heavy atom. The smallest absolute Gasteiger partial charge is 0.410 e. The first kappa shape index (κ1) is 12.7. The van der Waals surface area contributed by atoms with Crippen LogP contribution in [0.15, 0.2) is 0 Å². The van der Waals surface area contributed by atoms with Crippen molar-refractivity contribution in [3.8, 4) is 0 Å². The molecule has 0 spiro atoms. The van der Waals surface area contributed by atoms with Crippen molar-refractivity contribution in [2.75, 3.05) is 20.2 Å². The molecule has 2 rings (SSSR count). The van der Waals surface area contributed by atoms with Crippen LogP contribution < -0.4 is 0 Å². The molecule has 4 nitrogen and oxygen atoms in total. The molecule has 1 unspecified atom stereocenters. The Labute approximate surface area is 103 Å². The van der Waals surface area contributed by atoms with E-state index in [4.69, 9.17) is 9.47 Å². The third-order valence-corrected chi connectivity index (χ3v) is 3.73. The number of ether oxygens (including phenoxy) is 2. The second-order valence-electron chi connectivity index (χ2n) is 6.18. The predicted octanol–water partition coefficient (Wildman–Crippen LogP) is 2.42. The van der Waals surface area contributed by atoms with E-state index in [-0.39, 0.29) is 11.7 Å². The van der Waals surface area contributed by atoms with E-state index in [9.17, 15) is 4.79 Å². The highest BCUT2D eigenvalue weighted by Gasteiger charge is 2.52. The van der Waals surface area contributed by atoms with Gasteiger partial charge in [-0.3, -0.25) is 0 Å². The lowest BCUT2D eigenvalue weighted by molar-refractivity contribution is 0.0175. The number of carbonyl (C=O) groups is 1. The van der Waals surface area contributed by atoms with E-state index in [0.29, 0.717) is 5.92 Å². The van der Waals surface area contributed by atoms with Gasteiger partial charge in [0, 0.05) is 26.1 Å². The van der Waals surface area contributed by atoms with Crippen LogP contribution in [-0.4, -0.2) is 42.4 Å². The van der Waals surface area contributed by atoms with E-state index in [1.807, 2.05) is 25.7 Å². The predicted molar refractivity (Wildman–Crippen MR) is 64.9 cm³/mol. The summed E-state index contributed by atoms with van der Waals surface area (Å²) in [5, 5.41) is 0. The minimum absolute atomic E-state index is 0.0662. The summed E-state index contributed by atoms with van der Waals surface area (Å²) < 4.78 is 11.0. The summed E-state index contributed by atoms with van der Waals surface area (Å²) in [5.74, 6) is 0.486. The van der Waals surface area contributed by atoms with E-state index in [1.165, 1.54) is 0 Å². The largest absolute Gasteiger partial charge is 0.444 e. The van der Waals surface area contributed by atoms with Gasteiger partial charge in [-0.05, 0) is 40.0 Å². The lowest BCUT2D eigenvalue weighted by atomic mass is 9.99. The van der Waals surface area contributed by atoms with E-state index < -0.39 is 5.60 Å². The summed E-state index contributed by atoms with van der Waals surface area (Å²) in [7, 11) is 1.78. The highest BCUT2D eigenvalue weighted by Crippen LogP contribution is 2.48. The van der Waals surface area contributed by atoms with E-state index in [2.05, 4.69) is 0 Å². The highest BCUT2D eigenvalue weighted by molar-refractivity contribution is 5.68. The molecule has 1 heterocycles. The Hall–Kier alpha value is -0.770. The zero-order chi connectivity index (χ0) is 12.7. The Morgan fingerprint density at radius 2 is 2.00 bits per heavy atom. The van der Waals surface area contributed by atoms with Crippen LogP contribution in [0.2, 0.25) is 0 Å². The van der Waals surface area contributed by atoms with Crippen molar-refractivity contribution >= 4 is 6.09 Å². The number of methoxy groups -OCH3 is 1. The second kappa shape index (κ2) is 4.16. The monoisotopic (exact) mass is 241 g/mol. The van der Waals surface area contributed by atoms with Gasteiger partial charge in [0.05, 0.1) is 5.60 Å².